The van der Waals surface area contributed by atoms with Gasteiger partial charge in [0.15, 0.2) is 0 Å². The van der Waals surface area contributed by atoms with E-state index in [9.17, 15) is 13.2 Å². The molecule has 1 aromatic rings. The predicted molar refractivity (Wildman–Crippen MR) is 64.2 cm³/mol. The van der Waals surface area contributed by atoms with E-state index in [-0.39, 0.29) is 5.56 Å². The molecule has 6 nitrogen and oxygen atoms in total. The molecule has 1 N–H and O–H groups in total. The molecule has 0 radical (unpaired) electrons. The minimum atomic E-state index is -3.41. The molecule has 0 aromatic heterocycles. The summed E-state index contributed by atoms with van der Waals surface area (Å²) in [5.74, 6) is -0.501. The standard InChI is InChI=1S/C10H14N2O4S/c1-12(17(3,14)15)9-7-5-4-6-8(9)10(13)11-16-2/h4-7H,1-3H3,(H,11,13). The van der Waals surface area contributed by atoms with Crippen molar-refractivity contribution < 1.29 is 18.0 Å². The number of anilines is 1. The zero-order chi connectivity index (χ0) is 13.1. The first kappa shape index (κ1) is 13.5. The van der Waals surface area contributed by atoms with Crippen LogP contribution in [0.25, 0.3) is 0 Å². The SMILES string of the molecule is CONC(=O)c1ccccc1N(C)S(C)(=O)=O. The number of hydrogen-bond acceptors (Lipinski definition) is 4. The van der Waals surface area contributed by atoms with Crippen molar-refractivity contribution in [2.45, 2.75) is 0 Å². The van der Waals surface area contributed by atoms with Crippen molar-refractivity contribution in [2.24, 2.45) is 0 Å². The first-order valence-corrected chi connectivity index (χ1v) is 6.59. The van der Waals surface area contributed by atoms with E-state index in [0.29, 0.717) is 5.69 Å². The van der Waals surface area contributed by atoms with Crippen LogP contribution >= 0.6 is 0 Å². The molecule has 0 aliphatic rings. The Kier molecular flexibility index (Phi) is 4.08. The van der Waals surface area contributed by atoms with Crippen molar-refractivity contribution in [3.8, 4) is 0 Å². The Morgan fingerprint density at radius 1 is 1.35 bits per heavy atom. The molecule has 0 bridgehead atoms. The quantitative estimate of drug-likeness (QED) is 0.792. The van der Waals surface area contributed by atoms with Crippen LogP contribution in [0.4, 0.5) is 5.69 Å². The van der Waals surface area contributed by atoms with E-state index in [1.165, 1.54) is 20.2 Å². The minimum Gasteiger partial charge on any atom is -0.277 e. The minimum absolute atomic E-state index is 0.224. The van der Waals surface area contributed by atoms with Gasteiger partial charge in [-0.25, -0.2) is 13.9 Å². The number of amides is 1. The predicted octanol–water partition coefficient (Wildman–Crippen LogP) is 0.374. The van der Waals surface area contributed by atoms with E-state index in [2.05, 4.69) is 10.3 Å². The zero-order valence-electron chi connectivity index (χ0n) is 9.80. The summed E-state index contributed by atoms with van der Waals surface area (Å²) in [4.78, 5) is 16.2. The van der Waals surface area contributed by atoms with Gasteiger partial charge in [0.05, 0.1) is 24.6 Å². The molecule has 1 amide bonds. The molecule has 0 aliphatic heterocycles. The third-order valence-electron chi connectivity index (χ3n) is 2.18. The number of benzene rings is 1. The highest BCUT2D eigenvalue weighted by atomic mass is 32.2. The molecular weight excluding hydrogens is 244 g/mol. The molecule has 0 unspecified atom stereocenters. The molecule has 0 saturated heterocycles. The fraction of sp³-hybridized carbons (Fsp3) is 0.300. The summed E-state index contributed by atoms with van der Waals surface area (Å²) in [6, 6.07) is 6.36. The van der Waals surface area contributed by atoms with Crippen LogP contribution in [0.3, 0.4) is 0 Å². The molecule has 17 heavy (non-hydrogen) atoms. The average Bonchev–Trinajstić information content (AvgIpc) is 2.27. The number of nitrogens with one attached hydrogen (secondary N) is 1. The van der Waals surface area contributed by atoms with E-state index in [1.807, 2.05) is 0 Å². The number of hydroxylamine groups is 1. The Morgan fingerprint density at radius 2 is 1.94 bits per heavy atom. The van der Waals surface area contributed by atoms with Crippen molar-refractivity contribution in [3.05, 3.63) is 29.8 Å². The monoisotopic (exact) mass is 258 g/mol. The van der Waals surface area contributed by atoms with Crippen molar-refractivity contribution in [3.63, 3.8) is 0 Å². The maximum Gasteiger partial charge on any atom is 0.276 e. The van der Waals surface area contributed by atoms with E-state index in [0.717, 1.165) is 10.6 Å². The maximum atomic E-state index is 11.6. The van der Waals surface area contributed by atoms with Crippen LogP contribution in [0, 0.1) is 0 Å². The number of carbonyl (C=O) groups is 1. The van der Waals surface area contributed by atoms with Gasteiger partial charge in [0.1, 0.15) is 0 Å². The largest absolute Gasteiger partial charge is 0.277 e. The number of nitrogens with zero attached hydrogens (tertiary/aromatic N) is 1. The third kappa shape index (κ3) is 3.18. The van der Waals surface area contributed by atoms with Gasteiger partial charge in [-0.3, -0.25) is 13.9 Å². The van der Waals surface area contributed by atoms with Gasteiger partial charge >= 0.3 is 0 Å². The Labute approximate surface area is 100 Å². The second-order valence-corrected chi connectivity index (χ2v) is 5.40. The van der Waals surface area contributed by atoms with Gasteiger partial charge in [-0.05, 0) is 12.1 Å². The zero-order valence-corrected chi connectivity index (χ0v) is 10.6. The van der Waals surface area contributed by atoms with Gasteiger partial charge in [-0.1, -0.05) is 12.1 Å². The topological polar surface area (TPSA) is 75.7 Å². The van der Waals surface area contributed by atoms with Crippen LogP contribution in [0.5, 0.6) is 0 Å². The lowest BCUT2D eigenvalue weighted by atomic mass is 10.1. The fourth-order valence-corrected chi connectivity index (χ4v) is 1.78. The molecule has 0 atom stereocenters. The van der Waals surface area contributed by atoms with Crippen LogP contribution in [0.2, 0.25) is 0 Å². The van der Waals surface area contributed by atoms with E-state index in [4.69, 9.17) is 0 Å². The van der Waals surface area contributed by atoms with Crippen LogP contribution < -0.4 is 9.79 Å². The summed E-state index contributed by atoms with van der Waals surface area (Å²) in [6.45, 7) is 0. The Hall–Kier alpha value is -1.60. The van der Waals surface area contributed by atoms with Crippen LogP contribution in [-0.2, 0) is 14.9 Å². The highest BCUT2D eigenvalue weighted by Gasteiger charge is 2.19. The summed E-state index contributed by atoms with van der Waals surface area (Å²) >= 11 is 0. The highest BCUT2D eigenvalue weighted by Crippen LogP contribution is 2.21. The lowest BCUT2D eigenvalue weighted by Crippen LogP contribution is -2.29. The maximum absolute atomic E-state index is 11.6. The molecule has 0 aliphatic carbocycles. The second kappa shape index (κ2) is 5.15. The molecule has 1 aromatic carbocycles. The van der Waals surface area contributed by atoms with Gasteiger partial charge in [0, 0.05) is 7.05 Å². The van der Waals surface area contributed by atoms with Gasteiger partial charge < -0.3 is 0 Å². The van der Waals surface area contributed by atoms with Crippen molar-refractivity contribution in [2.75, 3.05) is 24.7 Å². The third-order valence-corrected chi connectivity index (χ3v) is 3.37. The normalized spacial score (nSPS) is 11.0. The fourth-order valence-electron chi connectivity index (χ4n) is 1.27. The molecule has 0 saturated carbocycles. The summed E-state index contributed by atoms with van der Waals surface area (Å²) in [5, 5.41) is 0. The van der Waals surface area contributed by atoms with Crippen LogP contribution in [-0.4, -0.2) is 34.7 Å². The van der Waals surface area contributed by atoms with Crippen molar-refractivity contribution in [1.29, 1.82) is 0 Å². The highest BCUT2D eigenvalue weighted by molar-refractivity contribution is 7.92. The number of para-hydroxylation sites is 1. The summed E-state index contributed by atoms with van der Waals surface area (Å²) in [6.07, 6.45) is 1.07. The van der Waals surface area contributed by atoms with Crippen molar-refractivity contribution >= 4 is 21.6 Å². The Balaban J connectivity index is 3.21. The summed E-state index contributed by atoms with van der Waals surface area (Å²) in [7, 11) is -0.725. The number of rotatable bonds is 4. The smallest absolute Gasteiger partial charge is 0.276 e. The van der Waals surface area contributed by atoms with E-state index >= 15 is 0 Å². The average molecular weight is 258 g/mol. The molecule has 0 spiro atoms. The molecule has 0 heterocycles. The van der Waals surface area contributed by atoms with E-state index < -0.39 is 15.9 Å². The molecular formula is C10H14N2O4S. The van der Waals surface area contributed by atoms with Gasteiger partial charge in [0.2, 0.25) is 10.0 Å². The number of sulfonamides is 1. The van der Waals surface area contributed by atoms with Crippen molar-refractivity contribution in [1.82, 2.24) is 5.48 Å². The molecule has 1 rings (SSSR count). The number of hydrogen-bond donors (Lipinski definition) is 1. The lowest BCUT2D eigenvalue weighted by molar-refractivity contribution is 0.0538. The second-order valence-electron chi connectivity index (χ2n) is 3.38. The number of carbonyl (C=O) groups excluding carboxylic acids is 1. The van der Waals surface area contributed by atoms with Crippen LogP contribution in [0.1, 0.15) is 10.4 Å². The summed E-state index contributed by atoms with van der Waals surface area (Å²) in [5.41, 5.74) is 2.67. The van der Waals surface area contributed by atoms with Gasteiger partial charge in [-0.15, -0.1) is 0 Å². The van der Waals surface area contributed by atoms with E-state index in [1.54, 1.807) is 18.2 Å². The van der Waals surface area contributed by atoms with Crippen LogP contribution in [0.15, 0.2) is 24.3 Å². The molecule has 94 valence electrons. The first-order chi connectivity index (χ1) is 7.88. The lowest BCUT2D eigenvalue weighted by Gasteiger charge is -2.19. The Bertz CT molecular complexity index is 513. The summed E-state index contributed by atoms with van der Waals surface area (Å²) < 4.78 is 23.9. The molecule has 7 heteroatoms. The van der Waals surface area contributed by atoms with Gasteiger partial charge in [0.25, 0.3) is 5.91 Å². The first-order valence-electron chi connectivity index (χ1n) is 4.74. The Morgan fingerprint density at radius 3 is 2.47 bits per heavy atom. The van der Waals surface area contributed by atoms with Gasteiger partial charge in [-0.2, -0.15) is 0 Å². The molecule has 0 fully saturated rings.